The maximum Gasteiger partial charge on any atom is 0.130 e. The molecule has 4 heteroatoms. The minimum atomic E-state index is 0.623. The quantitative estimate of drug-likeness (QED) is 0.825. The SMILES string of the molecule is COc1cc(C)cc(C)c1-c1ncc[nH]c1=S. The Kier molecular flexibility index (Phi) is 3.24. The normalized spacial score (nSPS) is 10.3. The van der Waals surface area contributed by atoms with Crippen molar-refractivity contribution in [2.75, 3.05) is 7.11 Å². The van der Waals surface area contributed by atoms with Gasteiger partial charge in [0.25, 0.3) is 0 Å². The van der Waals surface area contributed by atoms with Crippen LogP contribution in [0.5, 0.6) is 5.75 Å². The maximum absolute atomic E-state index is 5.42. The molecule has 0 radical (unpaired) electrons. The van der Waals surface area contributed by atoms with Crippen LogP contribution in [-0.4, -0.2) is 17.1 Å². The van der Waals surface area contributed by atoms with E-state index in [1.165, 1.54) is 0 Å². The fourth-order valence-electron chi connectivity index (χ4n) is 1.92. The summed E-state index contributed by atoms with van der Waals surface area (Å²) in [5, 5.41) is 0. The van der Waals surface area contributed by atoms with E-state index in [1.54, 1.807) is 19.5 Å². The van der Waals surface area contributed by atoms with Crippen molar-refractivity contribution in [3.8, 4) is 17.0 Å². The number of H-pyrrole nitrogens is 1. The van der Waals surface area contributed by atoms with E-state index < -0.39 is 0 Å². The van der Waals surface area contributed by atoms with Gasteiger partial charge in [0.05, 0.1) is 7.11 Å². The Morgan fingerprint density at radius 2 is 2.06 bits per heavy atom. The van der Waals surface area contributed by atoms with Gasteiger partial charge >= 0.3 is 0 Å². The Bertz CT molecular complexity index is 605. The predicted octanol–water partition coefficient (Wildman–Crippen LogP) is 3.43. The molecular formula is C13H14N2OS. The van der Waals surface area contributed by atoms with Gasteiger partial charge in [-0.25, -0.2) is 0 Å². The largest absolute Gasteiger partial charge is 0.496 e. The molecule has 0 spiro atoms. The van der Waals surface area contributed by atoms with Crippen LogP contribution < -0.4 is 4.74 Å². The summed E-state index contributed by atoms with van der Waals surface area (Å²) >= 11 is 5.26. The van der Waals surface area contributed by atoms with Crippen LogP contribution in [0.4, 0.5) is 0 Å². The molecule has 17 heavy (non-hydrogen) atoms. The second-order valence-corrected chi connectivity index (χ2v) is 4.33. The van der Waals surface area contributed by atoms with Gasteiger partial charge in [-0.05, 0) is 31.0 Å². The van der Waals surface area contributed by atoms with Crippen LogP contribution in [0.2, 0.25) is 0 Å². The number of aromatic nitrogens is 2. The summed E-state index contributed by atoms with van der Waals surface area (Å²) in [6.45, 7) is 4.08. The highest BCUT2D eigenvalue weighted by Crippen LogP contribution is 2.33. The number of nitrogens with one attached hydrogen (secondary N) is 1. The molecule has 2 rings (SSSR count). The molecule has 0 unspecified atom stereocenters. The molecule has 1 aromatic heterocycles. The number of aromatic amines is 1. The van der Waals surface area contributed by atoms with Crippen LogP contribution in [0.15, 0.2) is 24.5 Å². The van der Waals surface area contributed by atoms with E-state index in [-0.39, 0.29) is 0 Å². The van der Waals surface area contributed by atoms with Crippen molar-refractivity contribution >= 4 is 12.2 Å². The van der Waals surface area contributed by atoms with Gasteiger partial charge in [-0.15, -0.1) is 0 Å². The lowest BCUT2D eigenvalue weighted by atomic mass is 10.0. The molecule has 0 aliphatic carbocycles. The molecular weight excluding hydrogens is 232 g/mol. The van der Waals surface area contributed by atoms with E-state index >= 15 is 0 Å². The molecule has 0 fully saturated rings. The Morgan fingerprint density at radius 3 is 2.71 bits per heavy atom. The number of methoxy groups -OCH3 is 1. The van der Waals surface area contributed by atoms with Crippen LogP contribution in [0.25, 0.3) is 11.3 Å². The van der Waals surface area contributed by atoms with Crippen molar-refractivity contribution < 1.29 is 4.74 Å². The third kappa shape index (κ3) is 2.22. The van der Waals surface area contributed by atoms with Gasteiger partial charge in [-0.2, -0.15) is 0 Å². The first-order valence-electron chi connectivity index (χ1n) is 5.33. The minimum absolute atomic E-state index is 0.623. The molecule has 0 saturated carbocycles. The fraction of sp³-hybridized carbons (Fsp3) is 0.231. The zero-order chi connectivity index (χ0) is 12.4. The summed E-state index contributed by atoms with van der Waals surface area (Å²) in [6, 6.07) is 4.09. The van der Waals surface area contributed by atoms with Crippen molar-refractivity contribution in [3.63, 3.8) is 0 Å². The first-order valence-corrected chi connectivity index (χ1v) is 5.73. The van der Waals surface area contributed by atoms with Crippen LogP contribution >= 0.6 is 12.2 Å². The van der Waals surface area contributed by atoms with Crippen molar-refractivity contribution in [3.05, 3.63) is 40.3 Å². The predicted molar refractivity (Wildman–Crippen MR) is 70.9 cm³/mol. The number of ether oxygens (including phenoxy) is 1. The van der Waals surface area contributed by atoms with Gasteiger partial charge in [-0.3, -0.25) is 4.98 Å². The lowest BCUT2D eigenvalue weighted by Gasteiger charge is -2.12. The number of nitrogens with zero attached hydrogens (tertiary/aromatic N) is 1. The van der Waals surface area contributed by atoms with E-state index in [2.05, 4.69) is 16.0 Å². The number of hydrogen-bond acceptors (Lipinski definition) is 3. The summed E-state index contributed by atoms with van der Waals surface area (Å²) in [5.74, 6) is 0.806. The first-order chi connectivity index (χ1) is 8.13. The standard InChI is InChI=1S/C13H14N2OS/c1-8-6-9(2)11(10(7-8)16-3)12-13(17)15-5-4-14-12/h4-7H,1-3H3,(H,15,17). The molecule has 1 aromatic carbocycles. The Hall–Kier alpha value is -1.68. The van der Waals surface area contributed by atoms with E-state index in [9.17, 15) is 0 Å². The Balaban J connectivity index is 2.75. The van der Waals surface area contributed by atoms with Gasteiger partial charge in [0.1, 0.15) is 16.1 Å². The van der Waals surface area contributed by atoms with Crippen molar-refractivity contribution in [2.24, 2.45) is 0 Å². The molecule has 88 valence electrons. The maximum atomic E-state index is 5.42. The van der Waals surface area contributed by atoms with Gasteiger partial charge in [-0.1, -0.05) is 18.3 Å². The molecule has 0 aliphatic rings. The molecule has 0 amide bonds. The van der Waals surface area contributed by atoms with Gasteiger partial charge in [0.2, 0.25) is 0 Å². The molecule has 1 heterocycles. The summed E-state index contributed by atoms with van der Waals surface area (Å²) < 4.78 is 6.04. The molecule has 2 aromatic rings. The highest BCUT2D eigenvalue weighted by molar-refractivity contribution is 7.71. The van der Waals surface area contributed by atoms with Gasteiger partial charge < -0.3 is 9.72 Å². The molecule has 0 atom stereocenters. The fourth-order valence-corrected chi connectivity index (χ4v) is 2.15. The molecule has 1 N–H and O–H groups in total. The Labute approximate surface area is 105 Å². The number of hydrogen-bond donors (Lipinski definition) is 1. The molecule has 0 bridgehead atoms. The highest BCUT2D eigenvalue weighted by atomic mass is 32.1. The minimum Gasteiger partial charge on any atom is -0.496 e. The molecule has 0 aliphatic heterocycles. The van der Waals surface area contributed by atoms with Crippen molar-refractivity contribution in [2.45, 2.75) is 13.8 Å². The van der Waals surface area contributed by atoms with E-state index in [4.69, 9.17) is 17.0 Å². The lowest BCUT2D eigenvalue weighted by molar-refractivity contribution is 0.415. The third-order valence-corrected chi connectivity index (χ3v) is 2.92. The van der Waals surface area contributed by atoms with Crippen LogP contribution in [-0.2, 0) is 0 Å². The van der Waals surface area contributed by atoms with Crippen molar-refractivity contribution in [1.82, 2.24) is 9.97 Å². The van der Waals surface area contributed by atoms with E-state index in [0.29, 0.717) is 4.64 Å². The summed E-state index contributed by atoms with van der Waals surface area (Å²) in [6.07, 6.45) is 3.42. The highest BCUT2D eigenvalue weighted by Gasteiger charge is 2.12. The van der Waals surface area contributed by atoms with E-state index in [0.717, 1.165) is 28.1 Å². The zero-order valence-electron chi connectivity index (χ0n) is 10.1. The first kappa shape index (κ1) is 11.8. The van der Waals surface area contributed by atoms with E-state index in [1.807, 2.05) is 19.9 Å². The second kappa shape index (κ2) is 4.67. The lowest BCUT2D eigenvalue weighted by Crippen LogP contribution is -1.95. The number of benzene rings is 1. The average molecular weight is 246 g/mol. The summed E-state index contributed by atoms with van der Waals surface area (Å²) in [7, 11) is 1.66. The van der Waals surface area contributed by atoms with Gasteiger partial charge in [0.15, 0.2) is 0 Å². The molecule has 3 nitrogen and oxygen atoms in total. The third-order valence-electron chi connectivity index (χ3n) is 2.61. The average Bonchev–Trinajstić information content (AvgIpc) is 2.29. The topological polar surface area (TPSA) is 37.9 Å². The van der Waals surface area contributed by atoms with Crippen LogP contribution in [0.3, 0.4) is 0 Å². The van der Waals surface area contributed by atoms with Crippen LogP contribution in [0.1, 0.15) is 11.1 Å². The summed E-state index contributed by atoms with van der Waals surface area (Å²) in [5.41, 5.74) is 3.99. The molecule has 0 saturated heterocycles. The number of rotatable bonds is 2. The Morgan fingerprint density at radius 1 is 1.29 bits per heavy atom. The number of aryl methyl sites for hydroxylation is 2. The second-order valence-electron chi connectivity index (χ2n) is 3.93. The monoisotopic (exact) mass is 246 g/mol. The van der Waals surface area contributed by atoms with Gasteiger partial charge in [0, 0.05) is 18.0 Å². The van der Waals surface area contributed by atoms with Crippen LogP contribution in [0, 0.1) is 18.5 Å². The van der Waals surface area contributed by atoms with Crippen molar-refractivity contribution in [1.29, 1.82) is 0 Å². The zero-order valence-corrected chi connectivity index (χ0v) is 10.9. The summed E-state index contributed by atoms with van der Waals surface area (Å²) in [4.78, 5) is 7.32. The smallest absolute Gasteiger partial charge is 0.130 e.